The minimum absolute atomic E-state index is 0.0428. The third-order valence-corrected chi connectivity index (χ3v) is 18.8. The number of methoxy groups -OCH3 is 1. The topological polar surface area (TPSA) is 146 Å². The molecule has 2 aromatic carbocycles. The van der Waals surface area contributed by atoms with Gasteiger partial charge >= 0.3 is 0 Å². The molecule has 75 heavy (non-hydrogen) atoms. The van der Waals surface area contributed by atoms with Gasteiger partial charge in [0.2, 0.25) is 22.9 Å². The van der Waals surface area contributed by atoms with E-state index in [2.05, 4.69) is 157 Å². The molecule has 0 aliphatic carbocycles. The number of rotatable bonds is 23. The van der Waals surface area contributed by atoms with Crippen LogP contribution < -0.4 is 23.1 Å². The molecule has 2 aromatic rings. The van der Waals surface area contributed by atoms with E-state index in [4.69, 9.17) is 63.8 Å². The zero-order valence-corrected chi connectivity index (χ0v) is 58.8. The van der Waals surface area contributed by atoms with Crippen LogP contribution in [0.3, 0.4) is 0 Å². The minimum atomic E-state index is -2.37. The van der Waals surface area contributed by atoms with Crippen LogP contribution in [0.25, 0.3) is 0 Å². The Morgan fingerprint density at radius 1 is 0.493 bits per heavy atom. The van der Waals surface area contributed by atoms with Crippen molar-refractivity contribution in [2.45, 2.75) is 238 Å². The van der Waals surface area contributed by atoms with Crippen LogP contribution in [0.15, 0.2) is 30.3 Å². The molecule has 5 rings (SSSR count). The molecule has 0 bridgehead atoms. The highest BCUT2D eigenvalue weighted by Gasteiger charge is 2.55. The number of Topliss-reactive ketones (excluding diaryl/α,β-unsaturated/α-hetero) is 1. The van der Waals surface area contributed by atoms with E-state index >= 15 is 0 Å². The van der Waals surface area contributed by atoms with Crippen LogP contribution in [-0.2, 0) is 40.8 Å². The van der Waals surface area contributed by atoms with Crippen molar-refractivity contribution >= 4 is 72.3 Å². The fourth-order valence-electron chi connectivity index (χ4n) is 9.18. The second-order valence-electron chi connectivity index (χ2n) is 28.2. The predicted molar refractivity (Wildman–Crippen MR) is 319 cm³/mol. The summed E-state index contributed by atoms with van der Waals surface area (Å²) in [6.07, 6.45) is -6.84. The van der Waals surface area contributed by atoms with Crippen LogP contribution in [0, 0.1) is 0 Å². The number of benzene rings is 2. The molecular weight excluding hydrogens is 1090 g/mol. The average Bonchev–Trinajstić information content (AvgIpc) is 3.18. The van der Waals surface area contributed by atoms with E-state index in [0.29, 0.717) is 34.3 Å². The van der Waals surface area contributed by atoms with Gasteiger partial charge in [0.1, 0.15) is 71.3 Å². The van der Waals surface area contributed by atoms with Gasteiger partial charge in [0.15, 0.2) is 67.7 Å². The third-order valence-electron chi connectivity index (χ3n) is 11.3. The van der Waals surface area contributed by atoms with E-state index in [1.807, 2.05) is 25.1 Å². The summed E-state index contributed by atoms with van der Waals surface area (Å²) >= 11 is 0. The van der Waals surface area contributed by atoms with Gasteiger partial charge in [-0.05, 0) is 182 Å². The molecule has 23 heteroatoms. The Kier molecular flexibility index (Phi) is 20.5. The zero-order valence-electron chi connectivity index (χ0n) is 50.8. The molecule has 15 nitrogen and oxygen atoms in total. The largest absolute Gasteiger partial charge is 0.544 e. The monoisotopic (exact) mass is 1190 g/mol. The number of hydrogen-bond acceptors (Lipinski definition) is 15. The third kappa shape index (κ3) is 19.9. The number of ether oxygens (including phenoxy) is 6. The lowest BCUT2D eigenvalue weighted by atomic mass is 9.95. The zero-order chi connectivity index (χ0) is 56.8. The maximum Gasteiger partial charge on any atom is 0.242 e. The molecule has 0 spiro atoms. The van der Waals surface area contributed by atoms with Crippen molar-refractivity contribution in [1.82, 2.24) is 0 Å². The van der Waals surface area contributed by atoms with Crippen molar-refractivity contribution in [2.24, 2.45) is 0 Å². The fourth-order valence-corrected chi connectivity index (χ4v) is 17.4. The highest BCUT2D eigenvalue weighted by molar-refractivity contribution is 6.72. The van der Waals surface area contributed by atoms with Gasteiger partial charge in [-0.3, -0.25) is 4.79 Å². The summed E-state index contributed by atoms with van der Waals surface area (Å²) in [5, 5.41) is 0. The molecule has 2 fully saturated rings. The maximum atomic E-state index is 14.4. The van der Waals surface area contributed by atoms with E-state index in [1.165, 1.54) is 0 Å². The van der Waals surface area contributed by atoms with Crippen LogP contribution in [0.2, 0.25) is 157 Å². The van der Waals surface area contributed by atoms with Crippen molar-refractivity contribution in [3.8, 4) is 28.7 Å². The lowest BCUT2D eigenvalue weighted by Crippen LogP contribution is -2.68. The van der Waals surface area contributed by atoms with Crippen molar-refractivity contribution in [2.75, 3.05) is 13.7 Å². The smallest absolute Gasteiger partial charge is 0.242 e. The standard InChI is InChI=1S/C52H98O15Si8/c1-34-45(62-70(9,10)11)47(64-72(15,16)17)49(66-74(21,22)23)51(56-34)55-33-43-46(63-71(12,13)14)48(65-73(18,19)20)50(67-75(24,25)26)52(59-43)57-36-30-41-44(42(31-36)61-69(6,7)8)37(53)32-39(58-41)35-27-28-38(54-2)40(29-35)60-68(3,4)5/h27-31,34,39,43,45-52H,32-33H2,1-26H3. The van der Waals surface area contributed by atoms with E-state index in [1.54, 1.807) is 19.2 Å². The van der Waals surface area contributed by atoms with Gasteiger partial charge < -0.3 is 63.8 Å². The van der Waals surface area contributed by atoms with E-state index in [9.17, 15) is 4.79 Å². The first-order valence-corrected chi connectivity index (χ1v) is 54.2. The van der Waals surface area contributed by atoms with Crippen LogP contribution in [-0.4, -0.2) is 147 Å². The molecule has 2 saturated heterocycles. The Morgan fingerprint density at radius 2 is 0.947 bits per heavy atom. The second kappa shape index (κ2) is 23.9. The minimum Gasteiger partial charge on any atom is -0.544 e. The van der Waals surface area contributed by atoms with Crippen molar-refractivity contribution < 1.29 is 68.6 Å². The van der Waals surface area contributed by atoms with Crippen molar-refractivity contribution in [1.29, 1.82) is 0 Å². The molecule has 11 atom stereocenters. The summed E-state index contributed by atoms with van der Waals surface area (Å²) in [4.78, 5) is 14.4. The van der Waals surface area contributed by atoms with Gasteiger partial charge in [-0.15, -0.1) is 0 Å². The molecule has 3 aliphatic heterocycles. The number of ketones is 1. The lowest BCUT2D eigenvalue weighted by molar-refractivity contribution is -0.309. The summed E-state index contributed by atoms with van der Waals surface area (Å²) in [6, 6.07) is 9.27. The highest BCUT2D eigenvalue weighted by atomic mass is 28.4. The fraction of sp³-hybridized carbons (Fsp3) is 0.750. The first-order valence-electron chi connectivity index (χ1n) is 27.0. The molecule has 0 saturated carbocycles. The summed E-state index contributed by atoms with van der Waals surface area (Å²) in [7, 11) is -16.3. The number of hydrogen-bond donors (Lipinski definition) is 0. The van der Waals surface area contributed by atoms with Crippen LogP contribution in [0.4, 0.5) is 0 Å². The Bertz CT molecular complexity index is 2230. The summed E-state index contributed by atoms with van der Waals surface area (Å²) in [6.45, 7) is 53.8. The Morgan fingerprint density at radius 3 is 1.44 bits per heavy atom. The van der Waals surface area contributed by atoms with Crippen LogP contribution in [0.1, 0.15) is 35.4 Å². The molecule has 428 valence electrons. The summed E-state index contributed by atoms with van der Waals surface area (Å²) < 4.78 is 96.7. The van der Waals surface area contributed by atoms with E-state index in [-0.39, 0.29) is 31.0 Å². The molecule has 3 heterocycles. The summed E-state index contributed by atoms with van der Waals surface area (Å²) in [5.41, 5.74) is 1.17. The number of carbonyl (C=O) groups excluding carboxylic acids is 1. The summed E-state index contributed by atoms with van der Waals surface area (Å²) in [5.74, 6) is 2.27. The lowest BCUT2D eigenvalue weighted by Gasteiger charge is -2.52. The molecular formula is C52H98O15Si8. The Hall–Kier alpha value is -1.51. The number of carbonyl (C=O) groups is 1. The molecule has 3 aliphatic rings. The second-order valence-corrected chi connectivity index (χ2v) is 63.9. The first kappa shape index (κ1) is 64.3. The maximum absolute atomic E-state index is 14.4. The van der Waals surface area contributed by atoms with Gasteiger partial charge in [0.05, 0.1) is 32.3 Å². The van der Waals surface area contributed by atoms with Crippen LogP contribution in [0.5, 0.6) is 28.7 Å². The predicted octanol–water partition coefficient (Wildman–Crippen LogP) is 13.0. The SMILES string of the molecule is COc1ccc(C2CC(=O)c3c(cc(OC4OC(COC5OC(C)C(O[Si](C)(C)C)C(O[Si](C)(C)C)C5O[Si](C)(C)C)C(O[Si](C)(C)C)C(O[Si](C)(C)C)C4O[Si](C)(C)C)cc3O[Si](C)(C)C)O2)cc1O[Si](C)(C)C. The van der Waals surface area contributed by atoms with Gasteiger partial charge in [-0.2, -0.15) is 0 Å². The van der Waals surface area contributed by atoms with Gasteiger partial charge in [-0.25, -0.2) is 0 Å². The molecule has 11 unspecified atom stereocenters. The van der Waals surface area contributed by atoms with Gasteiger partial charge in [0, 0.05) is 12.1 Å². The first-order chi connectivity index (χ1) is 33.9. The normalized spacial score (nSPS) is 27.6. The van der Waals surface area contributed by atoms with E-state index < -0.39 is 122 Å². The highest BCUT2D eigenvalue weighted by Crippen LogP contribution is 2.46. The van der Waals surface area contributed by atoms with Crippen molar-refractivity contribution in [3.05, 3.63) is 41.5 Å². The molecule has 0 radical (unpaired) electrons. The molecule has 0 amide bonds. The molecule has 0 N–H and O–H groups in total. The average molecular weight is 1190 g/mol. The van der Waals surface area contributed by atoms with Crippen LogP contribution >= 0.6 is 0 Å². The van der Waals surface area contributed by atoms with Gasteiger partial charge in [-0.1, -0.05) is 6.07 Å². The Balaban J connectivity index is 1.64. The van der Waals surface area contributed by atoms with E-state index in [0.717, 1.165) is 5.56 Å². The number of fused-ring (bicyclic) bond motifs is 1. The quantitative estimate of drug-likeness (QED) is 0.0972. The Labute approximate surface area is 460 Å². The molecule has 0 aromatic heterocycles. The van der Waals surface area contributed by atoms with Crippen molar-refractivity contribution in [3.63, 3.8) is 0 Å². The van der Waals surface area contributed by atoms with Gasteiger partial charge in [0.25, 0.3) is 0 Å².